The zero-order valence-electron chi connectivity index (χ0n) is 26.8. The van der Waals surface area contributed by atoms with Crippen molar-refractivity contribution in [2.75, 3.05) is 44.7 Å². The fourth-order valence-corrected chi connectivity index (χ4v) is 6.79. The molecule has 8 nitrogen and oxygen atoms in total. The Morgan fingerprint density at radius 2 is 1.35 bits per heavy atom. The molecule has 1 N–H and O–H groups in total. The Morgan fingerprint density at radius 3 is 1.89 bits per heavy atom. The van der Waals surface area contributed by atoms with Gasteiger partial charge in [0, 0.05) is 36.6 Å². The molecular weight excluding hydrogens is 598 g/mol. The fourth-order valence-electron chi connectivity index (χ4n) is 5.71. The lowest BCUT2D eigenvalue weighted by atomic mass is 9.96. The number of nitrogens with zero attached hydrogens (tertiary/aromatic N) is 2. The standard InChI is InChI=1S/C37H41N3O5S/c1-26-32(27-14-8-5-9-15-27)33(36(43)45-37(2,3)4)35(46-26)38-30(41)24-44-25-31(42)39-20-22-40(23-21-39)34(28-16-10-6-11-17-28)29-18-12-7-13-19-29/h5-19,34H,20-25H2,1-4H3,(H,38,41). The molecule has 5 rings (SSSR count). The smallest absolute Gasteiger partial charge is 0.342 e. The average molecular weight is 640 g/mol. The number of nitrogens with one attached hydrogen (secondary N) is 1. The molecule has 0 spiro atoms. The quantitative estimate of drug-likeness (QED) is 0.198. The first-order chi connectivity index (χ1) is 22.1. The summed E-state index contributed by atoms with van der Waals surface area (Å²) in [6.45, 7) is 9.38. The minimum Gasteiger partial charge on any atom is -0.456 e. The molecule has 46 heavy (non-hydrogen) atoms. The lowest BCUT2D eigenvalue weighted by Crippen LogP contribution is -2.50. The number of thiophene rings is 1. The van der Waals surface area contributed by atoms with Crippen molar-refractivity contribution in [2.24, 2.45) is 0 Å². The highest BCUT2D eigenvalue weighted by atomic mass is 32.1. The summed E-state index contributed by atoms with van der Waals surface area (Å²) in [4.78, 5) is 44.4. The molecule has 1 aliphatic heterocycles. The molecule has 0 aliphatic carbocycles. The third-order valence-electron chi connectivity index (χ3n) is 7.72. The number of amides is 2. The van der Waals surface area contributed by atoms with Crippen LogP contribution >= 0.6 is 11.3 Å². The second-order valence-electron chi connectivity index (χ2n) is 12.3. The van der Waals surface area contributed by atoms with Crippen LogP contribution in [0.4, 0.5) is 5.00 Å². The van der Waals surface area contributed by atoms with Crippen molar-refractivity contribution in [3.63, 3.8) is 0 Å². The Bertz CT molecular complexity index is 1590. The van der Waals surface area contributed by atoms with E-state index in [1.807, 2.05) is 49.4 Å². The third-order valence-corrected chi connectivity index (χ3v) is 8.74. The van der Waals surface area contributed by atoms with Gasteiger partial charge in [-0.05, 0) is 44.4 Å². The molecule has 1 aliphatic rings. The number of hydrogen-bond acceptors (Lipinski definition) is 7. The molecule has 4 aromatic rings. The van der Waals surface area contributed by atoms with Gasteiger partial charge in [0.1, 0.15) is 29.4 Å². The molecule has 2 heterocycles. The first-order valence-electron chi connectivity index (χ1n) is 15.5. The van der Waals surface area contributed by atoms with E-state index in [1.165, 1.54) is 22.5 Å². The van der Waals surface area contributed by atoms with Crippen molar-refractivity contribution < 1.29 is 23.9 Å². The van der Waals surface area contributed by atoms with Gasteiger partial charge in [-0.15, -0.1) is 11.3 Å². The number of hydrogen-bond donors (Lipinski definition) is 1. The van der Waals surface area contributed by atoms with E-state index in [1.54, 1.807) is 25.7 Å². The van der Waals surface area contributed by atoms with Gasteiger partial charge >= 0.3 is 5.97 Å². The number of ether oxygens (including phenoxy) is 2. The Labute approximate surface area is 274 Å². The van der Waals surface area contributed by atoms with Crippen molar-refractivity contribution in [2.45, 2.75) is 39.3 Å². The summed E-state index contributed by atoms with van der Waals surface area (Å²) in [5.41, 5.74) is 3.63. The number of esters is 1. The summed E-state index contributed by atoms with van der Waals surface area (Å²) in [6.07, 6.45) is 0. The van der Waals surface area contributed by atoms with E-state index in [9.17, 15) is 14.4 Å². The Balaban J connectivity index is 1.17. The second-order valence-corrected chi connectivity index (χ2v) is 13.5. The monoisotopic (exact) mass is 639 g/mol. The number of anilines is 1. The first-order valence-corrected chi connectivity index (χ1v) is 16.3. The summed E-state index contributed by atoms with van der Waals surface area (Å²) < 4.78 is 11.3. The molecule has 1 saturated heterocycles. The Hall–Kier alpha value is -4.31. The summed E-state index contributed by atoms with van der Waals surface area (Å²) in [6, 6.07) is 30.5. The van der Waals surface area contributed by atoms with Gasteiger partial charge in [-0.25, -0.2) is 4.79 Å². The van der Waals surface area contributed by atoms with E-state index in [2.05, 4.69) is 58.7 Å². The van der Waals surface area contributed by atoms with Crippen LogP contribution in [0.2, 0.25) is 0 Å². The third kappa shape index (κ3) is 8.28. The maximum absolute atomic E-state index is 13.3. The predicted molar refractivity (Wildman–Crippen MR) is 182 cm³/mol. The molecule has 0 radical (unpaired) electrons. The van der Waals surface area contributed by atoms with E-state index in [0.29, 0.717) is 23.7 Å². The van der Waals surface area contributed by atoms with Crippen LogP contribution in [0.5, 0.6) is 0 Å². The maximum Gasteiger partial charge on any atom is 0.342 e. The molecule has 0 bridgehead atoms. The Kier molecular flexibility index (Phi) is 10.7. The number of piperazine rings is 1. The summed E-state index contributed by atoms with van der Waals surface area (Å²) in [5.74, 6) is -1.11. The SMILES string of the molecule is Cc1sc(NC(=O)COCC(=O)N2CCN(C(c3ccccc3)c3ccccc3)CC2)c(C(=O)OC(C)(C)C)c1-c1ccccc1. The van der Waals surface area contributed by atoms with Crippen LogP contribution in [0, 0.1) is 6.92 Å². The van der Waals surface area contributed by atoms with E-state index >= 15 is 0 Å². The van der Waals surface area contributed by atoms with Gasteiger partial charge in [-0.3, -0.25) is 14.5 Å². The first kappa shape index (κ1) is 33.1. The molecule has 0 unspecified atom stereocenters. The van der Waals surface area contributed by atoms with Crippen molar-refractivity contribution in [3.05, 3.63) is 113 Å². The maximum atomic E-state index is 13.3. The van der Waals surface area contributed by atoms with Crippen LogP contribution in [0.25, 0.3) is 11.1 Å². The average Bonchev–Trinajstić information content (AvgIpc) is 3.37. The zero-order chi connectivity index (χ0) is 32.7. The number of carbonyl (C=O) groups is 3. The molecule has 1 aromatic heterocycles. The van der Waals surface area contributed by atoms with E-state index in [4.69, 9.17) is 9.47 Å². The molecule has 1 fully saturated rings. The minimum absolute atomic E-state index is 0.105. The summed E-state index contributed by atoms with van der Waals surface area (Å²) >= 11 is 1.31. The lowest BCUT2D eigenvalue weighted by molar-refractivity contribution is -0.139. The van der Waals surface area contributed by atoms with Crippen LogP contribution in [-0.2, 0) is 19.1 Å². The van der Waals surface area contributed by atoms with Gasteiger partial charge in [0.15, 0.2) is 0 Å². The van der Waals surface area contributed by atoms with Crippen molar-refractivity contribution in [1.82, 2.24) is 9.80 Å². The lowest BCUT2D eigenvalue weighted by Gasteiger charge is -2.39. The minimum atomic E-state index is -0.707. The van der Waals surface area contributed by atoms with E-state index in [0.717, 1.165) is 29.1 Å². The molecule has 240 valence electrons. The van der Waals surface area contributed by atoms with Gasteiger partial charge in [-0.1, -0.05) is 91.0 Å². The topological polar surface area (TPSA) is 88.2 Å². The van der Waals surface area contributed by atoms with Crippen molar-refractivity contribution in [3.8, 4) is 11.1 Å². The normalized spacial score (nSPS) is 13.9. The zero-order valence-corrected chi connectivity index (χ0v) is 27.6. The van der Waals surface area contributed by atoms with Gasteiger partial charge in [0.25, 0.3) is 5.91 Å². The van der Waals surface area contributed by atoms with Gasteiger partial charge in [0.05, 0.1) is 6.04 Å². The van der Waals surface area contributed by atoms with E-state index < -0.39 is 17.5 Å². The molecule has 0 atom stereocenters. The Morgan fingerprint density at radius 1 is 0.804 bits per heavy atom. The van der Waals surface area contributed by atoms with Crippen LogP contribution in [0.1, 0.15) is 53.2 Å². The number of carbonyl (C=O) groups excluding carboxylic acids is 3. The number of aryl methyl sites for hydroxylation is 1. The van der Waals surface area contributed by atoms with Crippen LogP contribution in [0.3, 0.4) is 0 Å². The van der Waals surface area contributed by atoms with Crippen molar-refractivity contribution >= 4 is 34.1 Å². The molecular formula is C37H41N3O5S. The van der Waals surface area contributed by atoms with Crippen molar-refractivity contribution in [1.29, 1.82) is 0 Å². The molecule has 3 aromatic carbocycles. The number of benzene rings is 3. The molecule has 2 amide bonds. The van der Waals surface area contributed by atoms with Crippen LogP contribution in [-0.4, -0.2) is 72.6 Å². The largest absolute Gasteiger partial charge is 0.456 e. The van der Waals surface area contributed by atoms with Gasteiger partial charge in [0.2, 0.25) is 5.91 Å². The highest BCUT2D eigenvalue weighted by Crippen LogP contribution is 2.41. The summed E-state index contributed by atoms with van der Waals surface area (Å²) in [5, 5.41) is 3.23. The number of rotatable bonds is 10. The van der Waals surface area contributed by atoms with Gasteiger partial charge < -0.3 is 19.7 Å². The highest BCUT2D eigenvalue weighted by Gasteiger charge is 2.30. The summed E-state index contributed by atoms with van der Waals surface area (Å²) in [7, 11) is 0. The van der Waals surface area contributed by atoms with Crippen LogP contribution < -0.4 is 5.32 Å². The van der Waals surface area contributed by atoms with E-state index in [-0.39, 0.29) is 25.2 Å². The predicted octanol–water partition coefficient (Wildman–Crippen LogP) is 6.57. The highest BCUT2D eigenvalue weighted by molar-refractivity contribution is 7.17. The van der Waals surface area contributed by atoms with Gasteiger partial charge in [-0.2, -0.15) is 0 Å². The fraction of sp³-hybridized carbons (Fsp3) is 0.324. The second kappa shape index (κ2) is 14.9. The van der Waals surface area contributed by atoms with Crippen LogP contribution in [0.15, 0.2) is 91.0 Å². The molecule has 9 heteroatoms. The molecule has 0 saturated carbocycles.